The largest absolute Gasteiger partial charge is 0.416 e. The number of hydrogen-bond donors (Lipinski definition) is 2. The van der Waals surface area contributed by atoms with Gasteiger partial charge in [-0.2, -0.15) is 18.3 Å². The number of alkyl halides is 3. The normalized spacial score (nSPS) is 14.8. The van der Waals surface area contributed by atoms with E-state index in [4.69, 9.17) is 4.98 Å². The number of aromatic amines is 1. The van der Waals surface area contributed by atoms with Gasteiger partial charge >= 0.3 is 6.18 Å². The molecule has 0 saturated carbocycles. The van der Waals surface area contributed by atoms with Gasteiger partial charge in [0.1, 0.15) is 17.5 Å². The lowest BCUT2D eigenvalue weighted by Gasteiger charge is -2.22. The smallest absolute Gasteiger partial charge is 0.363 e. The average molecular weight is 512 g/mol. The van der Waals surface area contributed by atoms with Crippen molar-refractivity contribution in [2.75, 3.05) is 23.3 Å². The summed E-state index contributed by atoms with van der Waals surface area (Å²) < 4.78 is 40.3. The van der Waals surface area contributed by atoms with Crippen LogP contribution in [0.2, 0.25) is 0 Å². The first-order valence-corrected chi connectivity index (χ1v) is 11.7. The van der Waals surface area contributed by atoms with Gasteiger partial charge in [-0.1, -0.05) is 0 Å². The summed E-state index contributed by atoms with van der Waals surface area (Å²) >= 11 is 0. The van der Waals surface area contributed by atoms with E-state index in [0.29, 0.717) is 28.7 Å². The Bertz CT molecular complexity index is 1470. The van der Waals surface area contributed by atoms with Crippen molar-refractivity contribution in [3.05, 3.63) is 63.7 Å². The van der Waals surface area contributed by atoms with Crippen molar-refractivity contribution in [3.63, 3.8) is 0 Å². The standard InChI is InChI=1S/C24H23F3N8O2/c1-13(15-7-17(24(25,26)27)9-18(8-15)35(36)37)30-21-20-10-19(16-11-28-29-12-16)23(34-5-3-4-6-34)33-22(20)32-14(2)31-21/h7-13H,3-6H2,1-2H3,(H,28,29)(H,30,31,32,33)/t13-/m1/s1. The molecule has 2 N–H and O–H groups in total. The molecule has 1 aromatic carbocycles. The third-order valence-electron chi connectivity index (χ3n) is 6.33. The number of aryl methyl sites for hydroxylation is 1. The Morgan fingerprint density at radius 2 is 1.89 bits per heavy atom. The Kier molecular flexibility index (Phi) is 6.13. The van der Waals surface area contributed by atoms with Gasteiger partial charge in [0.15, 0.2) is 5.65 Å². The Balaban J connectivity index is 1.60. The summed E-state index contributed by atoms with van der Waals surface area (Å²) in [6.45, 7) is 5.05. The van der Waals surface area contributed by atoms with Crippen molar-refractivity contribution in [1.29, 1.82) is 0 Å². The second-order valence-corrected chi connectivity index (χ2v) is 8.97. The molecule has 10 nitrogen and oxygen atoms in total. The summed E-state index contributed by atoms with van der Waals surface area (Å²) in [5.74, 6) is 1.56. The van der Waals surface area contributed by atoms with Crippen LogP contribution < -0.4 is 10.2 Å². The molecule has 4 heterocycles. The SMILES string of the molecule is Cc1nc(N[C@H](C)c2cc([N+](=O)[O-])cc(C(F)(F)F)c2)c2cc(-c3cn[nH]c3)c(N3CCCC3)nc2n1. The minimum Gasteiger partial charge on any atom is -0.363 e. The predicted octanol–water partition coefficient (Wildman–Crippen LogP) is 5.42. The van der Waals surface area contributed by atoms with Crippen LogP contribution in [0.1, 0.15) is 42.8 Å². The number of nitro groups is 1. The number of fused-ring (bicyclic) bond motifs is 1. The van der Waals surface area contributed by atoms with Gasteiger partial charge in [-0.25, -0.2) is 15.0 Å². The highest BCUT2D eigenvalue weighted by Crippen LogP contribution is 2.37. The molecule has 1 atom stereocenters. The van der Waals surface area contributed by atoms with Crippen LogP contribution in [-0.4, -0.2) is 43.2 Å². The fraction of sp³-hybridized carbons (Fsp3) is 0.333. The van der Waals surface area contributed by atoms with E-state index in [-0.39, 0.29) is 5.56 Å². The zero-order chi connectivity index (χ0) is 26.3. The van der Waals surface area contributed by atoms with Gasteiger partial charge in [0, 0.05) is 42.5 Å². The maximum atomic E-state index is 13.4. The van der Waals surface area contributed by atoms with Crippen LogP contribution in [0.4, 0.5) is 30.5 Å². The lowest BCUT2D eigenvalue weighted by atomic mass is 10.0. The molecule has 3 aromatic heterocycles. The van der Waals surface area contributed by atoms with E-state index in [9.17, 15) is 23.3 Å². The van der Waals surface area contributed by atoms with Crippen LogP contribution in [0.3, 0.4) is 0 Å². The second kappa shape index (κ2) is 9.30. The van der Waals surface area contributed by atoms with E-state index in [1.807, 2.05) is 6.07 Å². The van der Waals surface area contributed by atoms with Gasteiger partial charge in [0.05, 0.1) is 28.1 Å². The van der Waals surface area contributed by atoms with Crippen LogP contribution in [0.5, 0.6) is 0 Å². The third kappa shape index (κ3) is 4.88. The fourth-order valence-electron chi connectivity index (χ4n) is 4.49. The van der Waals surface area contributed by atoms with Gasteiger partial charge in [0.2, 0.25) is 0 Å². The van der Waals surface area contributed by atoms with Crippen molar-refractivity contribution < 1.29 is 18.1 Å². The van der Waals surface area contributed by atoms with E-state index >= 15 is 0 Å². The molecule has 1 aliphatic rings. The lowest BCUT2D eigenvalue weighted by molar-refractivity contribution is -0.385. The first-order valence-electron chi connectivity index (χ1n) is 11.7. The molecule has 4 aromatic rings. The van der Waals surface area contributed by atoms with Gasteiger partial charge < -0.3 is 10.2 Å². The zero-order valence-electron chi connectivity index (χ0n) is 20.0. The number of anilines is 2. The first kappa shape index (κ1) is 24.4. The monoisotopic (exact) mass is 512 g/mol. The number of non-ortho nitro benzene ring substituents is 1. The Morgan fingerprint density at radius 3 is 2.54 bits per heavy atom. The van der Waals surface area contributed by atoms with Gasteiger partial charge in [0.25, 0.3) is 5.69 Å². The highest BCUT2D eigenvalue weighted by atomic mass is 19.4. The van der Waals surface area contributed by atoms with Crippen molar-refractivity contribution in [3.8, 4) is 11.1 Å². The van der Waals surface area contributed by atoms with E-state index in [1.165, 1.54) is 0 Å². The Morgan fingerprint density at radius 1 is 1.14 bits per heavy atom. The zero-order valence-corrected chi connectivity index (χ0v) is 20.0. The highest BCUT2D eigenvalue weighted by Gasteiger charge is 2.33. The molecule has 1 aliphatic heterocycles. The van der Waals surface area contributed by atoms with E-state index < -0.39 is 28.4 Å². The van der Waals surface area contributed by atoms with Crippen molar-refractivity contribution in [2.24, 2.45) is 0 Å². The number of nitrogens with one attached hydrogen (secondary N) is 2. The van der Waals surface area contributed by atoms with Gasteiger partial charge in [-0.15, -0.1) is 0 Å². The number of pyridine rings is 1. The van der Waals surface area contributed by atoms with Crippen molar-refractivity contribution >= 4 is 28.4 Å². The molecule has 0 aliphatic carbocycles. The summed E-state index contributed by atoms with van der Waals surface area (Å²) in [7, 11) is 0. The maximum Gasteiger partial charge on any atom is 0.416 e. The maximum absolute atomic E-state index is 13.4. The van der Waals surface area contributed by atoms with Gasteiger partial charge in [-0.05, 0) is 44.4 Å². The number of nitro benzene ring substituents is 1. The van der Waals surface area contributed by atoms with E-state index in [0.717, 1.165) is 55.0 Å². The van der Waals surface area contributed by atoms with E-state index in [2.05, 4.69) is 30.4 Å². The summed E-state index contributed by atoms with van der Waals surface area (Å²) in [6.07, 6.45) is 0.833. The van der Waals surface area contributed by atoms with Crippen molar-refractivity contribution in [1.82, 2.24) is 25.1 Å². The van der Waals surface area contributed by atoms with Crippen LogP contribution in [0.15, 0.2) is 36.7 Å². The molecule has 13 heteroatoms. The van der Waals surface area contributed by atoms with Crippen LogP contribution in [0, 0.1) is 17.0 Å². The summed E-state index contributed by atoms with van der Waals surface area (Å²) in [6, 6.07) is 3.71. The quantitative estimate of drug-likeness (QED) is 0.259. The molecular weight excluding hydrogens is 489 g/mol. The predicted molar refractivity (Wildman–Crippen MR) is 131 cm³/mol. The third-order valence-corrected chi connectivity index (χ3v) is 6.33. The Hall–Kier alpha value is -4.29. The second-order valence-electron chi connectivity index (χ2n) is 8.97. The number of nitrogens with zero attached hydrogens (tertiary/aromatic N) is 6. The number of benzene rings is 1. The van der Waals surface area contributed by atoms with Crippen LogP contribution >= 0.6 is 0 Å². The molecule has 5 rings (SSSR count). The molecule has 1 saturated heterocycles. The molecule has 0 spiro atoms. The number of H-pyrrole nitrogens is 1. The highest BCUT2D eigenvalue weighted by molar-refractivity contribution is 5.94. The van der Waals surface area contributed by atoms with Crippen LogP contribution in [-0.2, 0) is 6.18 Å². The molecule has 0 radical (unpaired) electrons. The number of rotatable bonds is 6. The fourth-order valence-corrected chi connectivity index (χ4v) is 4.49. The van der Waals surface area contributed by atoms with Crippen molar-refractivity contribution in [2.45, 2.75) is 38.9 Å². The Labute approximate surface area is 209 Å². The molecule has 0 unspecified atom stereocenters. The number of hydrogen-bond acceptors (Lipinski definition) is 8. The number of aromatic nitrogens is 5. The average Bonchev–Trinajstić information content (AvgIpc) is 3.57. The van der Waals surface area contributed by atoms with Gasteiger partial charge in [-0.3, -0.25) is 15.2 Å². The van der Waals surface area contributed by atoms with E-state index in [1.54, 1.807) is 26.2 Å². The number of halogens is 3. The topological polar surface area (TPSA) is 126 Å². The molecule has 1 fully saturated rings. The summed E-state index contributed by atoms with van der Waals surface area (Å²) in [4.78, 5) is 26.5. The first-order chi connectivity index (χ1) is 17.6. The minimum atomic E-state index is -4.73. The molecular formula is C24H23F3N8O2. The molecule has 0 bridgehead atoms. The van der Waals surface area contributed by atoms with Crippen LogP contribution in [0.25, 0.3) is 22.2 Å². The summed E-state index contributed by atoms with van der Waals surface area (Å²) in [5, 5.41) is 21.9. The summed E-state index contributed by atoms with van der Waals surface area (Å²) in [5.41, 5.74) is 0.453. The lowest BCUT2D eigenvalue weighted by Crippen LogP contribution is -2.20. The molecule has 192 valence electrons. The molecule has 0 amide bonds. The molecule has 37 heavy (non-hydrogen) atoms. The minimum absolute atomic E-state index is 0.0997.